The minimum Gasteiger partial charge on any atom is -0.288 e. The number of carbonyl (C=O) groups is 1. The number of hydrogen-bond donors (Lipinski definition) is 0. The maximum absolute atomic E-state index is 13.3. The molecule has 2 aliphatic heterocycles. The van der Waals surface area contributed by atoms with Crippen LogP contribution in [0.3, 0.4) is 0 Å². The van der Waals surface area contributed by atoms with Crippen LogP contribution in [0.25, 0.3) is 0 Å². The van der Waals surface area contributed by atoms with Crippen molar-refractivity contribution in [3.63, 3.8) is 0 Å². The van der Waals surface area contributed by atoms with E-state index in [0.717, 1.165) is 11.1 Å². The molecule has 2 amide bonds. The molecule has 2 atom stereocenters. The van der Waals surface area contributed by atoms with Gasteiger partial charge in [0.2, 0.25) is 0 Å². The van der Waals surface area contributed by atoms with Crippen molar-refractivity contribution in [3.8, 4) is 0 Å². The molecule has 0 spiro atoms. The summed E-state index contributed by atoms with van der Waals surface area (Å²) in [4.78, 5) is 26.8. The predicted molar refractivity (Wildman–Crippen MR) is 106 cm³/mol. The van der Waals surface area contributed by atoms with Gasteiger partial charge in [0.25, 0.3) is 5.69 Å². The molecule has 28 heavy (non-hydrogen) atoms. The zero-order chi connectivity index (χ0) is 20.2. The van der Waals surface area contributed by atoms with E-state index in [9.17, 15) is 23.3 Å². The quantitative estimate of drug-likeness (QED) is 0.447. The SMILES string of the molecule is Cc1ccc(N2C(=O)N(c3cccc([N+](=O)[O-])c3)[C@@H]3CS(=O)(=O)C[C@H]32)cc1C. The van der Waals surface area contributed by atoms with Crippen molar-refractivity contribution in [1.29, 1.82) is 0 Å². The van der Waals surface area contributed by atoms with E-state index in [1.54, 1.807) is 12.1 Å². The highest BCUT2D eigenvalue weighted by Gasteiger charge is 2.54. The molecule has 0 N–H and O–H groups in total. The van der Waals surface area contributed by atoms with Crippen LogP contribution in [0.2, 0.25) is 0 Å². The summed E-state index contributed by atoms with van der Waals surface area (Å²) in [6, 6.07) is 9.83. The molecule has 2 saturated heterocycles. The summed E-state index contributed by atoms with van der Waals surface area (Å²) in [5.74, 6) is -0.283. The van der Waals surface area contributed by atoms with Gasteiger partial charge in [-0.3, -0.25) is 19.9 Å². The molecule has 2 aromatic carbocycles. The standard InChI is InChI=1S/C19H19N3O5S/c1-12-6-7-15(8-13(12)2)21-18-11-28(26,27)10-17(18)20(19(21)23)14-4-3-5-16(9-14)22(24)25/h3-9,17-18H,10-11H2,1-2H3/t17-,18-/m1/s1. The summed E-state index contributed by atoms with van der Waals surface area (Å²) in [7, 11) is -3.32. The third-order valence-corrected chi connectivity index (χ3v) is 7.16. The lowest BCUT2D eigenvalue weighted by atomic mass is 10.1. The van der Waals surface area contributed by atoms with Gasteiger partial charge in [0, 0.05) is 17.8 Å². The predicted octanol–water partition coefficient (Wildman–Crippen LogP) is 2.82. The van der Waals surface area contributed by atoms with Crippen molar-refractivity contribution in [2.45, 2.75) is 25.9 Å². The van der Waals surface area contributed by atoms with Crippen LogP contribution in [0, 0.1) is 24.0 Å². The summed E-state index contributed by atoms with van der Waals surface area (Å²) >= 11 is 0. The largest absolute Gasteiger partial charge is 0.329 e. The van der Waals surface area contributed by atoms with Crippen molar-refractivity contribution in [2.24, 2.45) is 0 Å². The van der Waals surface area contributed by atoms with E-state index >= 15 is 0 Å². The number of fused-ring (bicyclic) bond motifs is 1. The second-order valence-corrected chi connectivity index (χ2v) is 9.43. The van der Waals surface area contributed by atoms with Gasteiger partial charge >= 0.3 is 6.03 Å². The van der Waals surface area contributed by atoms with Gasteiger partial charge in [-0.05, 0) is 43.2 Å². The topological polar surface area (TPSA) is 101 Å². The van der Waals surface area contributed by atoms with Crippen LogP contribution < -0.4 is 9.80 Å². The van der Waals surface area contributed by atoms with Gasteiger partial charge < -0.3 is 0 Å². The Morgan fingerprint density at radius 3 is 2.14 bits per heavy atom. The van der Waals surface area contributed by atoms with Gasteiger partial charge in [-0.15, -0.1) is 0 Å². The van der Waals surface area contributed by atoms with E-state index in [4.69, 9.17) is 0 Å². The molecule has 2 aliphatic rings. The average molecular weight is 401 g/mol. The Hall–Kier alpha value is -2.94. The molecule has 2 heterocycles. The van der Waals surface area contributed by atoms with Gasteiger partial charge in [-0.1, -0.05) is 12.1 Å². The molecular weight excluding hydrogens is 382 g/mol. The van der Waals surface area contributed by atoms with Crippen molar-refractivity contribution < 1.29 is 18.1 Å². The number of nitrogens with zero attached hydrogens (tertiary/aromatic N) is 3. The molecule has 0 radical (unpaired) electrons. The normalized spacial score (nSPS) is 23.1. The average Bonchev–Trinajstić information content (AvgIpc) is 3.06. The maximum Gasteiger partial charge on any atom is 0.329 e. The van der Waals surface area contributed by atoms with Crippen molar-refractivity contribution in [1.82, 2.24) is 0 Å². The van der Waals surface area contributed by atoms with Crippen LogP contribution in [0.15, 0.2) is 42.5 Å². The van der Waals surface area contributed by atoms with Crippen LogP contribution in [0.5, 0.6) is 0 Å². The highest BCUT2D eigenvalue weighted by Crippen LogP contribution is 2.39. The molecule has 0 bridgehead atoms. The molecule has 4 rings (SSSR count). The van der Waals surface area contributed by atoms with Crippen molar-refractivity contribution in [2.75, 3.05) is 21.3 Å². The van der Waals surface area contributed by atoms with Crippen molar-refractivity contribution in [3.05, 3.63) is 63.7 Å². The van der Waals surface area contributed by atoms with Crippen LogP contribution in [-0.4, -0.2) is 43.0 Å². The Bertz CT molecular complexity index is 1100. The lowest BCUT2D eigenvalue weighted by Gasteiger charge is -2.23. The summed E-state index contributed by atoms with van der Waals surface area (Å²) in [6.07, 6.45) is 0. The fraction of sp³-hybridized carbons (Fsp3) is 0.316. The Balaban J connectivity index is 1.82. The first-order valence-electron chi connectivity index (χ1n) is 8.82. The molecule has 2 aromatic rings. The van der Waals surface area contributed by atoms with E-state index in [-0.39, 0.29) is 23.2 Å². The Morgan fingerprint density at radius 1 is 0.964 bits per heavy atom. The molecule has 2 fully saturated rings. The fourth-order valence-corrected chi connectivity index (χ4v) is 5.86. The number of carbonyl (C=O) groups excluding carboxylic acids is 1. The van der Waals surface area contributed by atoms with Gasteiger partial charge in [0.05, 0.1) is 34.2 Å². The van der Waals surface area contributed by atoms with Gasteiger partial charge in [-0.25, -0.2) is 13.2 Å². The summed E-state index contributed by atoms with van der Waals surface area (Å²) in [6.45, 7) is 3.89. The molecule has 0 unspecified atom stereocenters. The van der Waals surface area contributed by atoms with E-state index in [1.165, 1.54) is 28.0 Å². The lowest BCUT2D eigenvalue weighted by Crippen LogP contribution is -2.38. The number of nitro groups is 1. The number of nitro benzene ring substituents is 1. The highest BCUT2D eigenvalue weighted by molar-refractivity contribution is 7.91. The van der Waals surface area contributed by atoms with E-state index in [1.807, 2.05) is 26.0 Å². The molecule has 8 nitrogen and oxygen atoms in total. The first-order valence-corrected chi connectivity index (χ1v) is 10.6. The Labute approximate surface area is 162 Å². The molecule has 0 aliphatic carbocycles. The van der Waals surface area contributed by atoms with E-state index in [2.05, 4.69) is 0 Å². The van der Waals surface area contributed by atoms with E-state index in [0.29, 0.717) is 11.4 Å². The number of aryl methyl sites for hydroxylation is 2. The first kappa shape index (κ1) is 18.4. The van der Waals surface area contributed by atoms with Crippen LogP contribution >= 0.6 is 0 Å². The smallest absolute Gasteiger partial charge is 0.288 e. The Kier molecular flexibility index (Phi) is 4.15. The number of sulfone groups is 1. The number of amides is 2. The second-order valence-electron chi connectivity index (χ2n) is 7.28. The molecule has 9 heteroatoms. The highest BCUT2D eigenvalue weighted by atomic mass is 32.2. The van der Waals surface area contributed by atoms with Crippen LogP contribution in [-0.2, 0) is 9.84 Å². The monoisotopic (exact) mass is 401 g/mol. The molecule has 146 valence electrons. The number of hydrogen-bond acceptors (Lipinski definition) is 5. The zero-order valence-corrected chi connectivity index (χ0v) is 16.2. The number of non-ortho nitro benzene ring substituents is 1. The van der Waals surface area contributed by atoms with Crippen LogP contribution in [0.4, 0.5) is 21.9 Å². The lowest BCUT2D eigenvalue weighted by molar-refractivity contribution is -0.384. The Morgan fingerprint density at radius 2 is 1.57 bits per heavy atom. The van der Waals surface area contributed by atoms with Crippen LogP contribution in [0.1, 0.15) is 11.1 Å². The second kappa shape index (κ2) is 6.30. The summed E-state index contributed by atoms with van der Waals surface area (Å²) in [5, 5.41) is 11.1. The molecule has 0 saturated carbocycles. The van der Waals surface area contributed by atoms with Crippen molar-refractivity contribution >= 4 is 32.9 Å². The first-order chi connectivity index (χ1) is 13.2. The van der Waals surface area contributed by atoms with Gasteiger partial charge in [0.1, 0.15) is 0 Å². The van der Waals surface area contributed by atoms with E-state index < -0.39 is 26.8 Å². The van der Waals surface area contributed by atoms with Gasteiger partial charge in [0.15, 0.2) is 9.84 Å². The molecular formula is C19H19N3O5S. The number of benzene rings is 2. The minimum absolute atomic E-state index is 0.123. The number of rotatable bonds is 3. The van der Waals surface area contributed by atoms with Gasteiger partial charge in [-0.2, -0.15) is 0 Å². The maximum atomic E-state index is 13.3. The summed E-state index contributed by atoms with van der Waals surface area (Å²) < 4.78 is 24.7. The number of urea groups is 1. The third kappa shape index (κ3) is 2.91. The third-order valence-electron chi connectivity index (χ3n) is 5.46. The number of anilines is 2. The summed E-state index contributed by atoms with van der Waals surface area (Å²) in [5.41, 5.74) is 2.89. The minimum atomic E-state index is -3.32. The fourth-order valence-electron chi connectivity index (χ4n) is 3.94. The zero-order valence-electron chi connectivity index (χ0n) is 15.4. The molecule has 0 aromatic heterocycles.